The molecule has 1 fully saturated rings. The molecule has 0 saturated carbocycles. The molecule has 1 amide bonds. The number of anilines is 2. The van der Waals surface area contributed by atoms with E-state index in [1.54, 1.807) is 66.7 Å². The number of carbonyl (C=O) groups is 3. The van der Waals surface area contributed by atoms with Crippen molar-refractivity contribution in [2.75, 3.05) is 18.1 Å². The van der Waals surface area contributed by atoms with E-state index in [0.29, 0.717) is 40.9 Å². The number of amides is 1. The van der Waals surface area contributed by atoms with Crippen LogP contribution in [-0.4, -0.2) is 62.0 Å². The molecule has 12 heteroatoms. The lowest BCUT2D eigenvalue weighted by Crippen LogP contribution is -2.50. The van der Waals surface area contributed by atoms with Gasteiger partial charge < -0.3 is 19.7 Å². The molecule has 2 atom stereocenters. The molecule has 11 nitrogen and oxygen atoms in total. The van der Waals surface area contributed by atoms with Crippen LogP contribution in [-0.2, 0) is 46.7 Å². The third-order valence-corrected chi connectivity index (χ3v) is 9.00. The Labute approximate surface area is 266 Å². The van der Waals surface area contributed by atoms with Gasteiger partial charge in [-0.05, 0) is 77.6 Å². The molecule has 1 heterocycles. The molecule has 0 radical (unpaired) electrons. The Morgan fingerprint density at radius 1 is 0.826 bits per heavy atom. The number of sulfonamides is 1. The van der Waals surface area contributed by atoms with Crippen molar-refractivity contribution in [3.63, 3.8) is 0 Å². The van der Waals surface area contributed by atoms with Gasteiger partial charge in [-0.15, -0.1) is 0 Å². The van der Waals surface area contributed by atoms with Crippen molar-refractivity contribution in [1.82, 2.24) is 4.72 Å². The molecule has 1 aliphatic heterocycles. The third-order valence-electron chi connectivity index (χ3n) is 7.53. The summed E-state index contributed by atoms with van der Waals surface area (Å²) in [6.45, 7) is 0.157. The number of nitrogens with one attached hydrogen (secondary N) is 1. The van der Waals surface area contributed by atoms with E-state index in [2.05, 4.69) is 4.72 Å². The van der Waals surface area contributed by atoms with Gasteiger partial charge in [0.2, 0.25) is 10.0 Å². The first kappa shape index (κ1) is 32.8. The molecule has 4 aromatic rings. The summed E-state index contributed by atoms with van der Waals surface area (Å²) < 4.78 is 41.7. The third kappa shape index (κ3) is 8.34. The fourth-order valence-electron chi connectivity index (χ4n) is 5.23. The maximum atomic E-state index is 14.5. The molecule has 1 saturated heterocycles. The lowest BCUT2D eigenvalue weighted by molar-refractivity contribution is -0.166. The molecule has 46 heavy (non-hydrogen) atoms. The average Bonchev–Trinajstić information content (AvgIpc) is 3.04. The Morgan fingerprint density at radius 3 is 1.96 bits per heavy atom. The van der Waals surface area contributed by atoms with Gasteiger partial charge in [0.25, 0.3) is 5.91 Å². The molecule has 1 unspecified atom stereocenters. The normalized spacial score (nSPS) is 15.7. The predicted molar refractivity (Wildman–Crippen MR) is 170 cm³/mol. The minimum Gasteiger partial charge on any atom is -0.481 e. The summed E-state index contributed by atoms with van der Waals surface area (Å²) in [7, 11) is -4.24. The van der Waals surface area contributed by atoms with E-state index in [1.165, 1.54) is 17.0 Å². The van der Waals surface area contributed by atoms with Crippen LogP contribution in [0.2, 0.25) is 0 Å². The van der Waals surface area contributed by atoms with Crippen molar-refractivity contribution >= 4 is 50.0 Å². The van der Waals surface area contributed by atoms with Gasteiger partial charge in [-0.25, -0.2) is 8.42 Å². The van der Waals surface area contributed by atoms with Crippen molar-refractivity contribution in [1.29, 1.82) is 0 Å². The summed E-state index contributed by atoms with van der Waals surface area (Å²) in [5.74, 6) is -2.70. The maximum absolute atomic E-state index is 14.5. The number of carboxylic acids is 2. The lowest BCUT2D eigenvalue weighted by atomic mass is 10.1. The molecule has 4 aromatic carbocycles. The Kier molecular flexibility index (Phi) is 10.4. The molecule has 0 bridgehead atoms. The van der Waals surface area contributed by atoms with Crippen LogP contribution < -0.4 is 9.62 Å². The zero-order chi connectivity index (χ0) is 32.7. The molecular weight excluding hydrogens is 612 g/mol. The molecule has 3 N–H and O–H groups in total. The summed E-state index contributed by atoms with van der Waals surface area (Å²) in [6, 6.07) is 23.2. The summed E-state index contributed by atoms with van der Waals surface area (Å²) in [6.07, 6.45) is 1.29. The van der Waals surface area contributed by atoms with E-state index in [0.717, 1.165) is 18.2 Å². The lowest BCUT2D eigenvalue weighted by Gasteiger charge is -2.30. The largest absolute Gasteiger partial charge is 0.481 e. The molecule has 0 aliphatic carbocycles. The second-order valence-electron chi connectivity index (χ2n) is 11.0. The Bertz CT molecular complexity index is 1740. The Balaban J connectivity index is 1.51. The number of hydrogen-bond donors (Lipinski definition) is 3. The van der Waals surface area contributed by atoms with Crippen LogP contribution in [0.4, 0.5) is 11.4 Å². The van der Waals surface area contributed by atoms with E-state index >= 15 is 0 Å². The minimum atomic E-state index is -4.24. The zero-order valence-electron chi connectivity index (χ0n) is 24.9. The number of fused-ring (bicyclic) bond motifs is 1. The van der Waals surface area contributed by atoms with Crippen LogP contribution in [0.15, 0.2) is 95.9 Å². The van der Waals surface area contributed by atoms with E-state index in [9.17, 15) is 33.0 Å². The maximum Gasteiger partial charge on any atom is 0.307 e. The zero-order valence-corrected chi connectivity index (χ0v) is 25.7. The van der Waals surface area contributed by atoms with Crippen LogP contribution >= 0.6 is 0 Å². The average molecular weight is 647 g/mol. The number of rotatable bonds is 13. The van der Waals surface area contributed by atoms with Gasteiger partial charge in [-0.1, -0.05) is 54.6 Å². The summed E-state index contributed by atoms with van der Waals surface area (Å²) in [5.41, 5.74) is 1.70. The van der Waals surface area contributed by atoms with E-state index in [-0.39, 0.29) is 24.3 Å². The van der Waals surface area contributed by atoms with Crippen LogP contribution in [0.1, 0.15) is 30.4 Å². The molecule has 240 valence electrons. The summed E-state index contributed by atoms with van der Waals surface area (Å²) >= 11 is 0. The number of carbonyl (C=O) groups excluding carboxylic acids is 1. The smallest absolute Gasteiger partial charge is 0.307 e. The van der Waals surface area contributed by atoms with E-state index < -0.39 is 40.2 Å². The highest BCUT2D eigenvalue weighted by molar-refractivity contribution is 7.89. The van der Waals surface area contributed by atoms with Crippen molar-refractivity contribution < 1.29 is 42.5 Å². The van der Waals surface area contributed by atoms with Gasteiger partial charge in [-0.2, -0.15) is 4.72 Å². The van der Waals surface area contributed by atoms with Crippen LogP contribution in [0.5, 0.6) is 0 Å². The standard InChI is InChI=1S/C34H34N2O9S/c37-31(38)19-23-8-13-27(14-9-23)36(28-15-10-24(11-16-28)20-32(39)40)34(41)30(22-45-33-7-3-4-18-44-33)35-46(42,43)29-17-12-25-5-1-2-6-26(25)21-29/h1-2,5-6,8-17,21,30,33,35H,3-4,7,18-20,22H2,(H,37,38)(H,39,40)/t30-,33?/m0/s1. The molecule has 1 aliphatic rings. The number of nitrogens with zero attached hydrogens (tertiary/aromatic N) is 1. The second kappa shape index (κ2) is 14.6. The molecular formula is C34H34N2O9S. The molecule has 5 rings (SSSR count). The van der Waals surface area contributed by atoms with E-state index in [1.807, 2.05) is 12.1 Å². The van der Waals surface area contributed by atoms with Crippen molar-refractivity contribution in [3.05, 3.63) is 102 Å². The second-order valence-corrected chi connectivity index (χ2v) is 12.7. The molecule has 0 spiro atoms. The van der Waals surface area contributed by atoms with Gasteiger partial charge in [-0.3, -0.25) is 19.3 Å². The fraction of sp³-hybridized carbons (Fsp3) is 0.265. The topological polar surface area (TPSA) is 160 Å². The number of ether oxygens (including phenoxy) is 2. The van der Waals surface area contributed by atoms with Crippen LogP contribution in [0.3, 0.4) is 0 Å². The monoisotopic (exact) mass is 646 g/mol. The Hall–Kier alpha value is -4.62. The van der Waals surface area contributed by atoms with Crippen molar-refractivity contribution in [2.45, 2.75) is 49.3 Å². The van der Waals surface area contributed by atoms with Gasteiger partial charge in [0.1, 0.15) is 6.04 Å². The van der Waals surface area contributed by atoms with Gasteiger partial charge >= 0.3 is 11.9 Å². The predicted octanol–water partition coefficient (Wildman–Crippen LogP) is 4.65. The van der Waals surface area contributed by atoms with Crippen LogP contribution in [0.25, 0.3) is 10.8 Å². The summed E-state index contributed by atoms with van der Waals surface area (Å²) in [4.78, 5) is 38.2. The van der Waals surface area contributed by atoms with Crippen molar-refractivity contribution in [2.24, 2.45) is 0 Å². The fourth-order valence-corrected chi connectivity index (χ4v) is 6.43. The highest BCUT2D eigenvalue weighted by atomic mass is 32.2. The number of benzene rings is 4. The first-order valence-electron chi connectivity index (χ1n) is 14.8. The number of hydrogen-bond acceptors (Lipinski definition) is 7. The van der Waals surface area contributed by atoms with Crippen LogP contribution in [0, 0.1) is 0 Å². The highest BCUT2D eigenvalue weighted by Crippen LogP contribution is 2.29. The highest BCUT2D eigenvalue weighted by Gasteiger charge is 2.33. The first-order chi connectivity index (χ1) is 22.1. The van der Waals surface area contributed by atoms with E-state index in [4.69, 9.17) is 9.47 Å². The summed E-state index contributed by atoms with van der Waals surface area (Å²) in [5, 5.41) is 20.0. The Morgan fingerprint density at radius 2 is 1.41 bits per heavy atom. The van der Waals surface area contributed by atoms with Gasteiger partial charge in [0.15, 0.2) is 6.29 Å². The van der Waals surface area contributed by atoms with Gasteiger partial charge in [0.05, 0.1) is 24.3 Å². The SMILES string of the molecule is O=C(O)Cc1ccc(N(C(=O)[C@H](COC2CCCCO2)NS(=O)(=O)c2ccc3ccccc3c2)c2ccc(CC(=O)O)cc2)cc1. The van der Waals surface area contributed by atoms with Crippen molar-refractivity contribution in [3.8, 4) is 0 Å². The minimum absolute atomic E-state index is 0.0273. The quantitative estimate of drug-likeness (QED) is 0.188. The number of carboxylic acid groups (broad SMARTS) is 2. The molecule has 0 aromatic heterocycles. The number of aliphatic carboxylic acids is 2. The first-order valence-corrected chi connectivity index (χ1v) is 16.3. The van der Waals surface area contributed by atoms with Gasteiger partial charge in [0, 0.05) is 18.0 Å².